The van der Waals surface area contributed by atoms with Crippen LogP contribution in [0.3, 0.4) is 0 Å². The number of nitrogens with zero attached hydrogens (tertiary/aromatic N) is 1. The highest BCUT2D eigenvalue weighted by atomic mass is 14.6. The highest BCUT2D eigenvalue weighted by Crippen LogP contribution is 2.17. The van der Waals surface area contributed by atoms with Gasteiger partial charge in [0.25, 0.3) is 0 Å². The van der Waals surface area contributed by atoms with E-state index in [-0.39, 0.29) is 0 Å². The fourth-order valence-electron chi connectivity index (χ4n) is 1.37. The molecule has 0 amide bonds. The van der Waals surface area contributed by atoms with E-state index in [2.05, 4.69) is 4.98 Å². The van der Waals surface area contributed by atoms with Crippen LogP contribution in [0.4, 0.5) is 0 Å². The third-order valence-electron chi connectivity index (χ3n) is 1.90. The summed E-state index contributed by atoms with van der Waals surface area (Å²) >= 11 is 0. The molecule has 0 fully saturated rings. The van der Waals surface area contributed by atoms with Crippen LogP contribution < -0.4 is 0 Å². The quantitative estimate of drug-likeness (QED) is 0.577. The Kier molecular flexibility index (Phi) is 0.995. The summed E-state index contributed by atoms with van der Waals surface area (Å²) in [5.74, 6) is 0. The Bertz CT molecular complexity index is 503. The van der Waals surface area contributed by atoms with Crippen LogP contribution in [0.2, 0.25) is 0 Å². The molecular weight excluding hydrogens is 146 g/mol. The van der Waals surface area contributed by atoms with E-state index < -0.39 is 6.85 Å². The van der Waals surface area contributed by atoms with Crippen molar-refractivity contribution in [3.8, 4) is 0 Å². The van der Waals surface area contributed by atoms with E-state index in [0.29, 0.717) is 5.56 Å². The molecule has 0 radical (unpaired) electrons. The molecule has 0 aliphatic heterocycles. The number of pyridine rings is 1. The van der Waals surface area contributed by atoms with Crippen molar-refractivity contribution in [3.63, 3.8) is 0 Å². The Hall–Kier alpha value is -1.37. The van der Waals surface area contributed by atoms with E-state index in [9.17, 15) is 0 Å². The minimum atomic E-state index is -2.05. The molecule has 0 unspecified atom stereocenters. The zero-order chi connectivity index (χ0) is 11.1. The third-order valence-corrected chi connectivity index (χ3v) is 1.90. The number of hydrogen-bond donors (Lipinski definition) is 0. The van der Waals surface area contributed by atoms with Gasteiger partial charge in [-0.25, -0.2) is 0 Å². The van der Waals surface area contributed by atoms with Crippen LogP contribution in [0.25, 0.3) is 10.9 Å². The Morgan fingerprint density at radius 2 is 2.33 bits per heavy atom. The summed E-state index contributed by atoms with van der Waals surface area (Å²) in [6.45, 7) is -0.167. The second-order valence-corrected chi connectivity index (χ2v) is 2.87. The molecule has 1 heteroatoms. The summed E-state index contributed by atoms with van der Waals surface area (Å²) in [4.78, 5) is 4.22. The fourth-order valence-corrected chi connectivity index (χ4v) is 1.37. The van der Waals surface area contributed by atoms with Crippen molar-refractivity contribution in [1.82, 2.24) is 4.98 Å². The van der Waals surface area contributed by atoms with Crippen molar-refractivity contribution in [2.75, 3.05) is 0 Å². The van der Waals surface area contributed by atoms with Crippen LogP contribution in [0.5, 0.6) is 0 Å². The van der Waals surface area contributed by atoms with Gasteiger partial charge < -0.3 is 0 Å². The third kappa shape index (κ3) is 1.07. The lowest BCUT2D eigenvalue weighted by Crippen LogP contribution is -1.83. The van der Waals surface area contributed by atoms with Crippen molar-refractivity contribution in [2.45, 2.75) is 13.8 Å². The second-order valence-electron chi connectivity index (χ2n) is 2.87. The van der Waals surface area contributed by atoms with Crippen LogP contribution >= 0.6 is 0 Å². The van der Waals surface area contributed by atoms with E-state index in [1.54, 1.807) is 18.3 Å². The smallest absolute Gasteiger partial charge is 0.0731 e. The van der Waals surface area contributed by atoms with Crippen LogP contribution in [0.15, 0.2) is 30.5 Å². The Morgan fingerprint density at radius 1 is 1.42 bits per heavy atom. The second kappa shape index (κ2) is 2.59. The molecule has 0 bridgehead atoms. The van der Waals surface area contributed by atoms with Crippen LogP contribution in [-0.4, -0.2) is 4.98 Å². The van der Waals surface area contributed by atoms with Gasteiger partial charge in [0, 0.05) is 15.7 Å². The normalized spacial score (nSPS) is 15.2. The SMILES string of the molecule is [2H]C([2H])([2H])c1cc(C)c2ncccc2c1. The van der Waals surface area contributed by atoms with Gasteiger partial charge >= 0.3 is 0 Å². The summed E-state index contributed by atoms with van der Waals surface area (Å²) in [6.07, 6.45) is 1.71. The summed E-state index contributed by atoms with van der Waals surface area (Å²) in [5.41, 5.74) is 2.14. The summed E-state index contributed by atoms with van der Waals surface area (Å²) in [6, 6.07) is 7.06. The first-order valence-electron chi connectivity index (χ1n) is 5.34. The minimum absolute atomic E-state index is 0.375. The first-order valence-corrected chi connectivity index (χ1v) is 3.84. The summed E-state index contributed by atoms with van der Waals surface area (Å²) < 4.78 is 22.1. The molecule has 0 atom stereocenters. The molecule has 1 aromatic carbocycles. The number of rotatable bonds is 0. The van der Waals surface area contributed by atoms with Crippen molar-refractivity contribution in [2.24, 2.45) is 0 Å². The maximum absolute atomic E-state index is 7.36. The first kappa shape index (κ1) is 4.61. The topological polar surface area (TPSA) is 12.9 Å². The molecule has 2 aromatic rings. The average Bonchev–Trinajstić information content (AvgIpc) is 2.16. The molecule has 0 aliphatic carbocycles. The van der Waals surface area contributed by atoms with Crippen molar-refractivity contribution in [3.05, 3.63) is 41.6 Å². The van der Waals surface area contributed by atoms with Gasteiger partial charge in [0.15, 0.2) is 0 Å². The maximum Gasteiger partial charge on any atom is 0.0731 e. The van der Waals surface area contributed by atoms with Crippen LogP contribution in [-0.2, 0) is 0 Å². The molecule has 1 nitrogen and oxygen atoms in total. The van der Waals surface area contributed by atoms with E-state index in [4.69, 9.17) is 4.11 Å². The van der Waals surface area contributed by atoms with Gasteiger partial charge in [0.1, 0.15) is 0 Å². The van der Waals surface area contributed by atoms with Crippen molar-refractivity contribution >= 4 is 10.9 Å². The Balaban J connectivity index is 2.73. The maximum atomic E-state index is 7.36. The van der Waals surface area contributed by atoms with Gasteiger partial charge in [-0.1, -0.05) is 17.7 Å². The largest absolute Gasteiger partial charge is 0.256 e. The molecular formula is C11H11N. The van der Waals surface area contributed by atoms with Crippen LogP contribution in [0.1, 0.15) is 15.2 Å². The highest BCUT2D eigenvalue weighted by Gasteiger charge is 1.97. The lowest BCUT2D eigenvalue weighted by atomic mass is 10.1. The monoisotopic (exact) mass is 160 g/mol. The van der Waals surface area contributed by atoms with E-state index in [1.165, 1.54) is 0 Å². The van der Waals surface area contributed by atoms with Gasteiger partial charge in [0.2, 0.25) is 0 Å². The van der Waals surface area contributed by atoms with Gasteiger partial charge in [-0.05, 0) is 31.5 Å². The Morgan fingerprint density at radius 3 is 3.17 bits per heavy atom. The molecule has 0 spiro atoms. The fraction of sp³-hybridized carbons (Fsp3) is 0.182. The number of aryl methyl sites for hydroxylation is 2. The molecule has 1 heterocycles. The predicted octanol–water partition coefficient (Wildman–Crippen LogP) is 2.85. The zero-order valence-electron chi connectivity index (χ0n) is 9.83. The molecule has 0 saturated carbocycles. The van der Waals surface area contributed by atoms with Gasteiger partial charge in [-0.15, -0.1) is 0 Å². The molecule has 0 N–H and O–H groups in total. The van der Waals surface area contributed by atoms with Crippen molar-refractivity contribution in [1.29, 1.82) is 0 Å². The molecule has 0 saturated heterocycles. The minimum Gasteiger partial charge on any atom is -0.256 e. The van der Waals surface area contributed by atoms with Crippen LogP contribution in [0, 0.1) is 13.8 Å². The lowest BCUT2D eigenvalue weighted by Gasteiger charge is -2.01. The summed E-state index contributed by atoms with van der Waals surface area (Å²) in [7, 11) is 0. The predicted molar refractivity (Wildman–Crippen MR) is 51.2 cm³/mol. The number of fused-ring (bicyclic) bond motifs is 1. The van der Waals surface area contributed by atoms with Gasteiger partial charge in [-0.3, -0.25) is 4.98 Å². The molecule has 12 heavy (non-hydrogen) atoms. The zero-order valence-corrected chi connectivity index (χ0v) is 6.83. The summed E-state index contributed by atoms with van der Waals surface area (Å²) in [5, 5.41) is 0.878. The Labute approximate surface area is 76.3 Å². The van der Waals surface area contributed by atoms with E-state index >= 15 is 0 Å². The van der Waals surface area contributed by atoms with Gasteiger partial charge in [-0.2, -0.15) is 0 Å². The molecule has 1 aromatic heterocycles. The standard InChI is InChI=1S/C11H11N/c1-8-6-9(2)11-10(7-8)4-3-5-12-11/h3-7H,1-2H3/i1D3. The highest BCUT2D eigenvalue weighted by molar-refractivity contribution is 5.82. The lowest BCUT2D eigenvalue weighted by molar-refractivity contribution is 1.34. The average molecular weight is 160 g/mol. The van der Waals surface area contributed by atoms with E-state index in [1.807, 2.05) is 19.1 Å². The first-order chi connectivity index (χ1) is 6.98. The van der Waals surface area contributed by atoms with Crippen molar-refractivity contribution < 1.29 is 4.11 Å². The number of benzene rings is 1. The molecule has 2 rings (SSSR count). The number of aromatic nitrogens is 1. The molecule has 60 valence electrons. The van der Waals surface area contributed by atoms with Gasteiger partial charge in [0.05, 0.1) is 5.52 Å². The molecule has 0 aliphatic rings. The number of hydrogen-bond acceptors (Lipinski definition) is 1. The van der Waals surface area contributed by atoms with E-state index in [0.717, 1.165) is 16.5 Å².